The molecule has 0 bridgehead atoms. The number of benzene rings is 1. The molecule has 2 aromatic heterocycles. The van der Waals surface area contributed by atoms with Crippen LogP contribution in [0.15, 0.2) is 24.3 Å². The molecule has 124 valence electrons. The lowest BCUT2D eigenvalue weighted by atomic mass is 10.00. The molecular weight excluding hydrogens is 340 g/mol. The summed E-state index contributed by atoms with van der Waals surface area (Å²) in [7, 11) is 3.95. The van der Waals surface area contributed by atoms with Gasteiger partial charge in [0.1, 0.15) is 4.83 Å². The van der Waals surface area contributed by atoms with Crippen LogP contribution in [-0.2, 0) is 6.42 Å². The molecule has 2 N–H and O–H groups in total. The summed E-state index contributed by atoms with van der Waals surface area (Å²) in [5.74, 6) is 0.0446. The molecule has 0 fully saturated rings. The van der Waals surface area contributed by atoms with E-state index in [4.69, 9.17) is 5.73 Å². The quantitative estimate of drug-likeness (QED) is 0.711. The first-order chi connectivity index (χ1) is 11.5. The van der Waals surface area contributed by atoms with Gasteiger partial charge in [-0.25, -0.2) is 4.98 Å². The Labute approximate surface area is 148 Å². The fourth-order valence-electron chi connectivity index (χ4n) is 3.02. The smallest absolute Gasteiger partial charge is 0.268 e. The zero-order chi connectivity index (χ0) is 16.8. The van der Waals surface area contributed by atoms with Crippen LogP contribution in [0.25, 0.3) is 9.53 Å². The van der Waals surface area contributed by atoms with Crippen molar-refractivity contribution in [2.45, 2.75) is 12.8 Å². The summed E-state index contributed by atoms with van der Waals surface area (Å²) in [4.78, 5) is 23.1. The number of nitrogens with zero attached hydrogens (tertiary/aromatic N) is 3. The van der Waals surface area contributed by atoms with Crippen molar-refractivity contribution in [1.29, 1.82) is 0 Å². The second-order valence-corrected chi connectivity index (χ2v) is 8.12. The van der Waals surface area contributed by atoms with E-state index in [-0.39, 0.29) is 5.91 Å². The van der Waals surface area contributed by atoms with Gasteiger partial charge in [0.05, 0.1) is 9.58 Å². The predicted molar refractivity (Wildman–Crippen MR) is 103 cm³/mol. The van der Waals surface area contributed by atoms with Crippen LogP contribution in [0.3, 0.4) is 0 Å². The number of rotatable bonds is 2. The summed E-state index contributed by atoms with van der Waals surface area (Å²) in [6, 6.07) is 7.77. The topological polar surface area (TPSA) is 62.5 Å². The van der Waals surface area contributed by atoms with E-state index in [1.807, 2.05) is 48.2 Å². The minimum absolute atomic E-state index is 0.0446. The average Bonchev–Trinajstić information content (AvgIpc) is 3.13. The van der Waals surface area contributed by atoms with Crippen LogP contribution in [0.5, 0.6) is 0 Å². The number of nitrogens with two attached hydrogens (primary N) is 1. The summed E-state index contributed by atoms with van der Waals surface area (Å²) >= 11 is 3.08. The minimum Gasteiger partial charge on any atom is -0.398 e. The van der Waals surface area contributed by atoms with Crippen LogP contribution >= 0.6 is 22.7 Å². The zero-order valence-electron chi connectivity index (χ0n) is 13.6. The van der Waals surface area contributed by atoms with Crippen molar-refractivity contribution in [3.05, 3.63) is 34.7 Å². The lowest BCUT2D eigenvalue weighted by molar-refractivity contribution is 0.0989. The van der Waals surface area contributed by atoms with Gasteiger partial charge in [-0.2, -0.15) is 0 Å². The fourth-order valence-corrected chi connectivity index (χ4v) is 5.10. The second-order valence-electron chi connectivity index (χ2n) is 6.08. The first kappa shape index (κ1) is 15.4. The number of aromatic nitrogens is 1. The molecule has 1 amide bonds. The Morgan fingerprint density at radius 3 is 2.92 bits per heavy atom. The lowest BCUT2D eigenvalue weighted by Gasteiger charge is -2.29. The molecule has 4 rings (SSSR count). The SMILES string of the molecule is CN(C)c1nc2sc(C(=O)N3CCCc4c(N)cccc43)cc2s1. The van der Waals surface area contributed by atoms with Gasteiger partial charge in [-0.3, -0.25) is 4.79 Å². The Morgan fingerprint density at radius 2 is 2.17 bits per heavy atom. The number of hydrogen-bond donors (Lipinski definition) is 1. The maximum Gasteiger partial charge on any atom is 0.268 e. The van der Waals surface area contributed by atoms with Crippen LogP contribution in [0, 0.1) is 0 Å². The summed E-state index contributed by atoms with van der Waals surface area (Å²) in [5.41, 5.74) is 8.89. The number of thiophene rings is 1. The number of thiazole rings is 1. The van der Waals surface area contributed by atoms with E-state index in [0.29, 0.717) is 0 Å². The number of nitrogen functional groups attached to an aromatic ring is 1. The largest absolute Gasteiger partial charge is 0.398 e. The maximum absolute atomic E-state index is 13.0. The van der Waals surface area contributed by atoms with Crippen LogP contribution < -0.4 is 15.5 Å². The molecule has 0 spiro atoms. The van der Waals surface area contributed by atoms with Crippen molar-refractivity contribution >= 4 is 54.6 Å². The monoisotopic (exact) mass is 358 g/mol. The molecule has 0 radical (unpaired) electrons. The molecule has 0 atom stereocenters. The van der Waals surface area contributed by atoms with Crippen molar-refractivity contribution in [2.75, 3.05) is 36.2 Å². The molecule has 0 unspecified atom stereocenters. The highest BCUT2D eigenvalue weighted by atomic mass is 32.1. The third-order valence-electron chi connectivity index (χ3n) is 4.20. The van der Waals surface area contributed by atoms with E-state index in [2.05, 4.69) is 4.98 Å². The van der Waals surface area contributed by atoms with Gasteiger partial charge >= 0.3 is 0 Å². The van der Waals surface area contributed by atoms with Gasteiger partial charge in [0.2, 0.25) is 0 Å². The highest BCUT2D eigenvalue weighted by molar-refractivity contribution is 7.29. The van der Waals surface area contributed by atoms with Crippen LogP contribution in [0.4, 0.5) is 16.5 Å². The van der Waals surface area contributed by atoms with Crippen molar-refractivity contribution < 1.29 is 4.79 Å². The van der Waals surface area contributed by atoms with Gasteiger partial charge in [-0.1, -0.05) is 17.4 Å². The molecule has 0 aliphatic carbocycles. The Bertz CT molecular complexity index is 896. The van der Waals surface area contributed by atoms with E-state index in [0.717, 1.165) is 55.9 Å². The first-order valence-corrected chi connectivity index (χ1v) is 9.45. The van der Waals surface area contributed by atoms with E-state index in [1.54, 1.807) is 11.3 Å². The molecule has 3 aromatic rings. The second kappa shape index (κ2) is 5.75. The molecule has 0 saturated carbocycles. The molecule has 5 nitrogen and oxygen atoms in total. The summed E-state index contributed by atoms with van der Waals surface area (Å²) in [6.45, 7) is 0.733. The van der Waals surface area contributed by atoms with Crippen molar-refractivity contribution in [2.24, 2.45) is 0 Å². The third-order valence-corrected chi connectivity index (χ3v) is 6.52. The average molecular weight is 358 g/mol. The highest BCUT2D eigenvalue weighted by Crippen LogP contribution is 2.37. The van der Waals surface area contributed by atoms with Gasteiger partial charge in [0.25, 0.3) is 5.91 Å². The van der Waals surface area contributed by atoms with Crippen LogP contribution in [-0.4, -0.2) is 31.5 Å². The molecule has 0 saturated heterocycles. The van der Waals surface area contributed by atoms with Gasteiger partial charge < -0.3 is 15.5 Å². The zero-order valence-corrected chi connectivity index (χ0v) is 15.2. The molecule has 7 heteroatoms. The Morgan fingerprint density at radius 1 is 1.33 bits per heavy atom. The Kier molecular flexibility index (Phi) is 3.69. The summed E-state index contributed by atoms with van der Waals surface area (Å²) in [6.07, 6.45) is 1.87. The number of anilines is 3. The van der Waals surface area contributed by atoms with Crippen molar-refractivity contribution in [3.63, 3.8) is 0 Å². The molecular formula is C17H18N4OS2. The summed E-state index contributed by atoms with van der Waals surface area (Å²) < 4.78 is 1.07. The maximum atomic E-state index is 13.0. The number of carbonyl (C=O) groups is 1. The lowest BCUT2D eigenvalue weighted by Crippen LogP contribution is -2.35. The van der Waals surface area contributed by atoms with Gasteiger partial charge in [-0.05, 0) is 36.6 Å². The Balaban J connectivity index is 1.70. The summed E-state index contributed by atoms with van der Waals surface area (Å²) in [5, 5.41) is 0.964. The number of amides is 1. The first-order valence-electron chi connectivity index (χ1n) is 7.81. The van der Waals surface area contributed by atoms with E-state index in [9.17, 15) is 4.79 Å². The predicted octanol–water partition coefficient (Wildman–Crippen LogP) is 3.60. The van der Waals surface area contributed by atoms with E-state index >= 15 is 0 Å². The molecule has 1 aliphatic rings. The number of fused-ring (bicyclic) bond motifs is 2. The molecule has 3 heterocycles. The normalized spacial score (nSPS) is 14.0. The van der Waals surface area contributed by atoms with E-state index in [1.165, 1.54) is 11.3 Å². The standard InChI is InChI=1S/C17H18N4OS2/c1-20(2)17-19-15-13(24-17)9-14(23-15)16(22)21-8-4-5-10-11(18)6-3-7-12(10)21/h3,6-7,9H,4-5,8,18H2,1-2H3. The van der Waals surface area contributed by atoms with Gasteiger partial charge in [0.15, 0.2) is 5.13 Å². The molecule has 1 aromatic carbocycles. The molecule has 1 aliphatic heterocycles. The Hall–Kier alpha value is -2.12. The highest BCUT2D eigenvalue weighted by Gasteiger charge is 2.26. The third kappa shape index (κ3) is 2.44. The molecule has 24 heavy (non-hydrogen) atoms. The van der Waals surface area contributed by atoms with Crippen LogP contribution in [0.2, 0.25) is 0 Å². The minimum atomic E-state index is 0.0446. The number of carbonyl (C=O) groups excluding carboxylic acids is 1. The van der Waals surface area contributed by atoms with Crippen LogP contribution in [0.1, 0.15) is 21.7 Å². The fraction of sp³-hybridized carbons (Fsp3) is 0.294. The van der Waals surface area contributed by atoms with Crippen molar-refractivity contribution in [1.82, 2.24) is 4.98 Å². The van der Waals surface area contributed by atoms with Gasteiger partial charge in [0, 0.05) is 32.0 Å². The van der Waals surface area contributed by atoms with Crippen molar-refractivity contribution in [3.8, 4) is 0 Å². The van der Waals surface area contributed by atoms with Gasteiger partial charge in [-0.15, -0.1) is 11.3 Å². The number of hydrogen-bond acceptors (Lipinski definition) is 6. The van der Waals surface area contributed by atoms with E-state index < -0.39 is 0 Å².